The number of rotatable bonds is 7. The maximum absolute atomic E-state index is 13.5. The number of fused-ring (bicyclic) bond motifs is 1. The van der Waals surface area contributed by atoms with Gasteiger partial charge in [-0.2, -0.15) is 0 Å². The number of anilines is 1. The summed E-state index contributed by atoms with van der Waals surface area (Å²) < 4.78 is 56.3. The fourth-order valence-electron chi connectivity index (χ4n) is 4.69. The third-order valence-corrected chi connectivity index (χ3v) is 9.12. The number of aliphatic hydroxyl groups is 1. The van der Waals surface area contributed by atoms with Crippen LogP contribution >= 0.6 is 11.3 Å². The fourth-order valence-corrected chi connectivity index (χ4v) is 6.90. The molecule has 0 bridgehead atoms. The molecule has 0 amide bonds. The molecule has 10 nitrogen and oxygen atoms in total. The Morgan fingerprint density at radius 1 is 1.24 bits per heavy atom. The molecule has 0 unspecified atom stereocenters. The quantitative estimate of drug-likeness (QED) is 0.404. The first kappa shape index (κ1) is 26.2. The minimum atomic E-state index is -3.92. The minimum absolute atomic E-state index is 0.0207. The molecule has 14 heteroatoms. The van der Waals surface area contributed by atoms with Gasteiger partial charge in [-0.15, -0.1) is 10.2 Å². The zero-order valence-corrected chi connectivity index (χ0v) is 22.6. The molecule has 1 saturated heterocycles. The highest BCUT2D eigenvalue weighted by molar-refractivity contribution is 7.89. The molecule has 5 rings (SSSR count). The summed E-state index contributed by atoms with van der Waals surface area (Å²) in [5.41, 5.74) is 0.392. The minimum Gasteiger partial charge on any atom is -0.395 e. The highest BCUT2D eigenvalue weighted by atomic mass is 32.2. The standard InChI is InChI=1S/C23H29F2N7O3S2/c1-12-26-17-15(18(27-12)20-29-30-21(36-20)19(24)25)7-14(37(34,35)31-23(4)5-6-23)8-16(17)32-9-13(10-33)28-22(2,3)11-32/h7-8,13,19,28,31,33H,5-6,9-11H2,1-4H3/t13-/m1/s1. The van der Waals surface area contributed by atoms with Gasteiger partial charge in [0.25, 0.3) is 6.43 Å². The lowest BCUT2D eigenvalue weighted by atomic mass is 9.97. The van der Waals surface area contributed by atoms with Crippen molar-refractivity contribution in [3.8, 4) is 10.7 Å². The Morgan fingerprint density at radius 3 is 2.59 bits per heavy atom. The lowest BCUT2D eigenvalue weighted by Crippen LogP contribution is -2.63. The van der Waals surface area contributed by atoms with Gasteiger partial charge >= 0.3 is 0 Å². The van der Waals surface area contributed by atoms with Crippen LogP contribution in [0.4, 0.5) is 14.5 Å². The van der Waals surface area contributed by atoms with Crippen molar-refractivity contribution < 1.29 is 22.3 Å². The second-order valence-corrected chi connectivity index (χ2v) is 13.4. The van der Waals surface area contributed by atoms with Gasteiger partial charge in [-0.1, -0.05) is 11.3 Å². The molecule has 3 N–H and O–H groups in total. The van der Waals surface area contributed by atoms with E-state index < -0.39 is 27.0 Å². The number of piperazine rings is 1. The Kier molecular flexibility index (Phi) is 6.46. The van der Waals surface area contributed by atoms with Crippen molar-refractivity contribution in [2.45, 2.75) is 69.0 Å². The monoisotopic (exact) mass is 553 g/mol. The Balaban J connectivity index is 1.74. The number of hydrogen-bond donors (Lipinski definition) is 3. The molecule has 2 fully saturated rings. The fraction of sp³-hybridized carbons (Fsp3) is 0.565. The summed E-state index contributed by atoms with van der Waals surface area (Å²) in [5, 5.41) is 20.9. The summed E-state index contributed by atoms with van der Waals surface area (Å²) in [6.45, 7) is 8.35. The first-order chi connectivity index (χ1) is 17.3. The number of alkyl halides is 2. The van der Waals surface area contributed by atoms with E-state index in [1.807, 2.05) is 25.7 Å². The van der Waals surface area contributed by atoms with Crippen LogP contribution < -0.4 is 14.9 Å². The number of nitrogens with zero attached hydrogens (tertiary/aromatic N) is 5. The van der Waals surface area contributed by atoms with Crippen LogP contribution in [0.15, 0.2) is 17.0 Å². The van der Waals surface area contributed by atoms with Crippen LogP contribution in [-0.4, -0.2) is 70.5 Å². The average Bonchev–Trinajstić information content (AvgIpc) is 3.31. The highest BCUT2D eigenvalue weighted by Crippen LogP contribution is 2.40. The zero-order chi connectivity index (χ0) is 26.8. The van der Waals surface area contributed by atoms with E-state index in [-0.39, 0.29) is 33.8 Å². The summed E-state index contributed by atoms with van der Waals surface area (Å²) in [7, 11) is -3.92. The predicted octanol–water partition coefficient (Wildman–Crippen LogP) is 2.77. The maximum atomic E-state index is 13.5. The van der Waals surface area contributed by atoms with E-state index in [1.54, 1.807) is 13.0 Å². The van der Waals surface area contributed by atoms with Crippen molar-refractivity contribution in [2.75, 3.05) is 24.6 Å². The lowest BCUT2D eigenvalue weighted by molar-refractivity contribution is 0.150. The van der Waals surface area contributed by atoms with E-state index >= 15 is 0 Å². The summed E-state index contributed by atoms with van der Waals surface area (Å²) in [6.07, 6.45) is -1.30. The summed E-state index contributed by atoms with van der Waals surface area (Å²) in [4.78, 5) is 11.1. The largest absolute Gasteiger partial charge is 0.395 e. The first-order valence-electron chi connectivity index (χ1n) is 11.9. The van der Waals surface area contributed by atoms with Gasteiger partial charge in [0.2, 0.25) is 10.0 Å². The Morgan fingerprint density at radius 2 is 1.97 bits per heavy atom. The average molecular weight is 554 g/mol. The Bertz CT molecular complexity index is 1460. The molecule has 200 valence electrons. The molecule has 0 radical (unpaired) electrons. The highest BCUT2D eigenvalue weighted by Gasteiger charge is 2.42. The lowest BCUT2D eigenvalue weighted by Gasteiger charge is -2.44. The Labute approximate surface area is 217 Å². The molecule has 1 saturated carbocycles. The van der Waals surface area contributed by atoms with Crippen molar-refractivity contribution in [2.24, 2.45) is 0 Å². The van der Waals surface area contributed by atoms with Crippen LogP contribution in [0, 0.1) is 6.92 Å². The topological polar surface area (TPSA) is 133 Å². The van der Waals surface area contributed by atoms with Crippen molar-refractivity contribution in [1.29, 1.82) is 0 Å². The number of sulfonamides is 1. The third-order valence-electron chi connectivity index (χ3n) is 6.57. The number of aromatic nitrogens is 4. The summed E-state index contributed by atoms with van der Waals surface area (Å²) >= 11 is 0.712. The summed E-state index contributed by atoms with van der Waals surface area (Å²) in [6, 6.07) is 2.82. The van der Waals surface area contributed by atoms with Crippen LogP contribution in [0.2, 0.25) is 0 Å². The molecule has 3 aromatic rings. The van der Waals surface area contributed by atoms with Crippen molar-refractivity contribution >= 4 is 38.0 Å². The third kappa shape index (κ3) is 5.30. The number of aryl methyl sites for hydroxylation is 1. The summed E-state index contributed by atoms with van der Waals surface area (Å²) in [5.74, 6) is 0.380. The van der Waals surface area contributed by atoms with Gasteiger partial charge in [-0.3, -0.25) is 0 Å². The van der Waals surface area contributed by atoms with Gasteiger partial charge in [0.15, 0.2) is 10.0 Å². The van der Waals surface area contributed by atoms with Gasteiger partial charge in [-0.25, -0.2) is 31.9 Å². The predicted molar refractivity (Wildman–Crippen MR) is 136 cm³/mol. The van der Waals surface area contributed by atoms with E-state index in [9.17, 15) is 22.3 Å². The van der Waals surface area contributed by atoms with Crippen molar-refractivity contribution in [3.63, 3.8) is 0 Å². The maximum Gasteiger partial charge on any atom is 0.291 e. The molecular formula is C23H29F2N7O3S2. The second-order valence-electron chi connectivity index (χ2n) is 10.7. The number of halogens is 2. The molecule has 1 aromatic carbocycles. The van der Waals surface area contributed by atoms with Crippen LogP contribution in [0.25, 0.3) is 21.6 Å². The van der Waals surface area contributed by atoms with Crippen molar-refractivity contribution in [1.82, 2.24) is 30.2 Å². The van der Waals surface area contributed by atoms with E-state index in [0.717, 1.165) is 12.8 Å². The second kappa shape index (κ2) is 9.12. The molecular weight excluding hydrogens is 524 g/mol. The smallest absolute Gasteiger partial charge is 0.291 e. The van der Waals surface area contributed by atoms with Crippen LogP contribution in [0.5, 0.6) is 0 Å². The molecule has 37 heavy (non-hydrogen) atoms. The molecule has 3 heterocycles. The van der Waals surface area contributed by atoms with E-state index in [0.29, 0.717) is 46.8 Å². The first-order valence-corrected chi connectivity index (χ1v) is 14.2. The Hall–Kier alpha value is -2.39. The molecule has 1 atom stereocenters. The van der Waals surface area contributed by atoms with Gasteiger partial charge < -0.3 is 15.3 Å². The van der Waals surface area contributed by atoms with Crippen LogP contribution in [0.3, 0.4) is 0 Å². The van der Waals surface area contributed by atoms with Gasteiger partial charge in [0, 0.05) is 35.6 Å². The van der Waals surface area contributed by atoms with Gasteiger partial charge in [0.1, 0.15) is 11.5 Å². The number of nitrogens with one attached hydrogen (secondary N) is 2. The van der Waals surface area contributed by atoms with E-state index in [2.05, 4.69) is 30.2 Å². The van der Waals surface area contributed by atoms with Crippen molar-refractivity contribution in [3.05, 3.63) is 23.0 Å². The normalized spacial score (nSPS) is 21.1. The number of benzene rings is 1. The number of aliphatic hydroxyl groups excluding tert-OH is 1. The van der Waals surface area contributed by atoms with Gasteiger partial charge in [0.05, 0.1) is 22.7 Å². The van der Waals surface area contributed by atoms with Gasteiger partial charge in [-0.05, 0) is 52.7 Å². The van der Waals surface area contributed by atoms with E-state index in [4.69, 9.17) is 0 Å². The van der Waals surface area contributed by atoms with E-state index in [1.165, 1.54) is 6.07 Å². The molecule has 1 aliphatic heterocycles. The number of hydrogen-bond acceptors (Lipinski definition) is 10. The molecule has 2 aliphatic rings. The zero-order valence-electron chi connectivity index (χ0n) is 20.9. The van der Waals surface area contributed by atoms with Crippen LogP contribution in [0.1, 0.15) is 50.9 Å². The SMILES string of the molecule is Cc1nc(-c2nnc(C(F)F)s2)c2cc(S(=O)(=O)NC3(C)CC3)cc(N3C[C@H](CO)NC(C)(C)C3)c2n1. The molecule has 0 spiro atoms. The molecule has 1 aliphatic carbocycles. The molecule has 2 aromatic heterocycles. The van der Waals surface area contributed by atoms with Crippen LogP contribution in [-0.2, 0) is 10.0 Å².